The minimum Gasteiger partial charge on any atom is -0.461 e. The van der Waals surface area contributed by atoms with Crippen molar-refractivity contribution in [3.05, 3.63) is 119 Å². The van der Waals surface area contributed by atoms with E-state index in [1.165, 1.54) is 60.9 Å². The highest BCUT2D eigenvalue weighted by Gasteiger charge is 2.36. The van der Waals surface area contributed by atoms with Crippen LogP contribution < -0.4 is 4.74 Å². The first-order chi connectivity index (χ1) is 18.3. The summed E-state index contributed by atoms with van der Waals surface area (Å²) < 4.78 is 8.69. The molecule has 0 amide bonds. The molecular formula is C36H33NO. The van der Waals surface area contributed by atoms with Crippen molar-refractivity contribution in [1.82, 2.24) is 4.57 Å². The summed E-state index contributed by atoms with van der Waals surface area (Å²) in [5.74, 6) is 2.50. The second-order valence-corrected chi connectivity index (χ2v) is 11.7. The average molecular weight is 496 g/mol. The topological polar surface area (TPSA) is 14.2 Å². The Balaban J connectivity index is 1.35. The number of nitrogens with zero attached hydrogens (tertiary/aromatic N) is 1. The number of hydrogen-bond donors (Lipinski definition) is 0. The Bertz CT molecular complexity index is 1830. The van der Waals surface area contributed by atoms with Crippen LogP contribution in [0.3, 0.4) is 0 Å². The fourth-order valence-corrected chi connectivity index (χ4v) is 6.46. The van der Waals surface area contributed by atoms with Crippen LogP contribution in [0.15, 0.2) is 96.8 Å². The molecule has 1 aliphatic carbocycles. The Kier molecular flexibility index (Phi) is 5.00. The molecule has 0 fully saturated rings. The molecule has 0 saturated carbocycles. The van der Waals surface area contributed by atoms with E-state index in [-0.39, 0.29) is 5.41 Å². The van der Waals surface area contributed by atoms with Gasteiger partial charge in [-0.25, -0.2) is 0 Å². The van der Waals surface area contributed by atoms with E-state index in [9.17, 15) is 0 Å². The molecule has 0 unspecified atom stereocenters. The van der Waals surface area contributed by atoms with Crippen molar-refractivity contribution >= 4 is 27.5 Å². The second-order valence-electron chi connectivity index (χ2n) is 11.7. The van der Waals surface area contributed by atoms with Crippen LogP contribution in [0.4, 0.5) is 0 Å². The van der Waals surface area contributed by atoms with Gasteiger partial charge in [0.15, 0.2) is 0 Å². The van der Waals surface area contributed by atoms with Gasteiger partial charge in [-0.3, -0.25) is 0 Å². The second kappa shape index (κ2) is 8.23. The van der Waals surface area contributed by atoms with Gasteiger partial charge in [0.25, 0.3) is 0 Å². The van der Waals surface area contributed by atoms with Gasteiger partial charge in [-0.05, 0) is 77.1 Å². The van der Waals surface area contributed by atoms with E-state index >= 15 is 0 Å². The van der Waals surface area contributed by atoms with Crippen LogP contribution in [0, 0.1) is 0 Å². The molecule has 2 nitrogen and oxygen atoms in total. The molecule has 0 bridgehead atoms. The van der Waals surface area contributed by atoms with E-state index in [1.807, 2.05) is 0 Å². The summed E-state index contributed by atoms with van der Waals surface area (Å²) >= 11 is 0. The van der Waals surface area contributed by atoms with Gasteiger partial charge in [-0.1, -0.05) is 82.3 Å². The quantitative estimate of drug-likeness (QED) is 0.243. The van der Waals surface area contributed by atoms with Crippen LogP contribution in [0.2, 0.25) is 0 Å². The molecular weight excluding hydrogens is 462 g/mol. The molecule has 38 heavy (non-hydrogen) atoms. The van der Waals surface area contributed by atoms with Crippen LogP contribution >= 0.6 is 0 Å². The molecule has 1 aliphatic heterocycles. The predicted octanol–water partition coefficient (Wildman–Crippen LogP) is 9.60. The van der Waals surface area contributed by atoms with Crippen molar-refractivity contribution in [3.8, 4) is 16.9 Å². The van der Waals surface area contributed by atoms with Gasteiger partial charge < -0.3 is 9.30 Å². The molecule has 1 aromatic heterocycles. The number of benzene rings is 4. The average Bonchev–Trinajstić information content (AvgIpc) is 3.55. The predicted molar refractivity (Wildman–Crippen MR) is 160 cm³/mol. The lowest BCUT2D eigenvalue weighted by Gasteiger charge is -2.21. The van der Waals surface area contributed by atoms with E-state index in [4.69, 9.17) is 4.74 Å². The van der Waals surface area contributed by atoms with E-state index in [0.717, 1.165) is 17.9 Å². The van der Waals surface area contributed by atoms with Crippen LogP contribution in [-0.2, 0) is 11.8 Å². The summed E-state index contributed by atoms with van der Waals surface area (Å²) in [5, 5.41) is 2.59. The maximum Gasteiger partial charge on any atom is 0.130 e. The maximum absolute atomic E-state index is 6.27. The monoisotopic (exact) mass is 495 g/mol. The number of rotatable bonds is 3. The molecule has 5 aromatic rings. The highest BCUT2D eigenvalue weighted by Crippen LogP contribution is 2.50. The highest BCUT2D eigenvalue weighted by atomic mass is 16.5. The SMILES string of the molecule is C/C(=C\C=C1/Cc2ccc(C(C)C)cc2O1)n1c2ccccc2c2cc3c(cc21)C(C)(C)c1ccccc1-3. The normalized spacial score (nSPS) is 16.8. The third kappa shape index (κ3) is 3.33. The van der Waals surface area contributed by atoms with Crippen LogP contribution in [0.25, 0.3) is 38.6 Å². The smallest absolute Gasteiger partial charge is 0.130 e. The Labute approximate surface area is 224 Å². The summed E-state index contributed by atoms with van der Waals surface area (Å²) in [6.07, 6.45) is 5.20. The Morgan fingerprint density at radius 1 is 0.842 bits per heavy atom. The third-order valence-electron chi connectivity index (χ3n) is 8.60. The zero-order valence-corrected chi connectivity index (χ0v) is 22.8. The van der Waals surface area contributed by atoms with E-state index < -0.39 is 0 Å². The standard InChI is InChI=1S/C36H33NO/c1-22(2)24-15-16-25-18-26(38-35(25)19-24)17-14-23(3)37-33-13-9-7-11-28(33)30-20-29-27-10-6-8-12-31(27)36(4,5)32(29)21-34(30)37/h6-17,19-22H,18H2,1-5H3/b23-14+,26-17+. The molecule has 2 aliphatic rings. The van der Waals surface area contributed by atoms with E-state index in [1.54, 1.807) is 0 Å². The zero-order chi connectivity index (χ0) is 26.2. The molecule has 0 radical (unpaired) electrons. The first-order valence-corrected chi connectivity index (χ1v) is 13.7. The minimum atomic E-state index is -0.0285. The molecule has 0 N–H and O–H groups in total. The highest BCUT2D eigenvalue weighted by molar-refractivity contribution is 6.12. The summed E-state index contributed by atoms with van der Waals surface area (Å²) in [7, 11) is 0. The number of allylic oxidation sites excluding steroid dienone is 4. The number of fused-ring (bicyclic) bond motifs is 7. The summed E-state index contributed by atoms with van der Waals surface area (Å²) in [4.78, 5) is 0. The lowest BCUT2D eigenvalue weighted by atomic mass is 9.82. The van der Waals surface area contributed by atoms with Gasteiger partial charge in [-0.2, -0.15) is 0 Å². The van der Waals surface area contributed by atoms with Gasteiger partial charge in [0.05, 0.1) is 11.0 Å². The fourth-order valence-electron chi connectivity index (χ4n) is 6.46. The number of ether oxygens (including phenoxy) is 1. The number of aromatic nitrogens is 1. The Hall–Kier alpha value is -4.04. The lowest BCUT2D eigenvalue weighted by molar-refractivity contribution is 0.446. The van der Waals surface area contributed by atoms with Crippen molar-refractivity contribution in [2.45, 2.75) is 52.4 Å². The van der Waals surface area contributed by atoms with Crippen molar-refractivity contribution in [2.75, 3.05) is 0 Å². The van der Waals surface area contributed by atoms with Crippen molar-refractivity contribution in [2.24, 2.45) is 0 Å². The minimum absolute atomic E-state index is 0.0285. The van der Waals surface area contributed by atoms with Gasteiger partial charge in [0, 0.05) is 33.9 Å². The number of hydrogen-bond acceptors (Lipinski definition) is 1. The Morgan fingerprint density at radius 2 is 1.63 bits per heavy atom. The molecule has 0 atom stereocenters. The van der Waals surface area contributed by atoms with Crippen LogP contribution in [-0.4, -0.2) is 4.57 Å². The first-order valence-electron chi connectivity index (χ1n) is 13.7. The van der Waals surface area contributed by atoms with Gasteiger partial charge >= 0.3 is 0 Å². The lowest BCUT2D eigenvalue weighted by Crippen LogP contribution is -2.14. The molecule has 2 heterocycles. The van der Waals surface area contributed by atoms with E-state index in [2.05, 4.69) is 130 Å². The molecule has 0 saturated heterocycles. The van der Waals surface area contributed by atoms with Crippen molar-refractivity contribution < 1.29 is 4.74 Å². The molecule has 7 rings (SSSR count). The summed E-state index contributed by atoms with van der Waals surface area (Å²) in [6.45, 7) is 11.3. The molecule has 4 aromatic carbocycles. The van der Waals surface area contributed by atoms with Gasteiger partial charge in [-0.15, -0.1) is 0 Å². The van der Waals surface area contributed by atoms with Crippen molar-refractivity contribution in [1.29, 1.82) is 0 Å². The third-order valence-corrected chi connectivity index (χ3v) is 8.60. The van der Waals surface area contributed by atoms with Gasteiger partial charge in [0.2, 0.25) is 0 Å². The summed E-state index contributed by atoms with van der Waals surface area (Å²) in [6, 6.07) is 29.2. The molecule has 188 valence electrons. The number of para-hydroxylation sites is 1. The largest absolute Gasteiger partial charge is 0.461 e. The first kappa shape index (κ1) is 23.1. The Morgan fingerprint density at radius 3 is 2.47 bits per heavy atom. The maximum atomic E-state index is 6.27. The van der Waals surface area contributed by atoms with Crippen molar-refractivity contribution in [3.63, 3.8) is 0 Å². The van der Waals surface area contributed by atoms with Crippen LogP contribution in [0.1, 0.15) is 62.8 Å². The molecule has 0 spiro atoms. The fraction of sp³-hybridized carbons (Fsp3) is 0.222. The summed E-state index contributed by atoms with van der Waals surface area (Å²) in [5.41, 5.74) is 11.8. The van der Waals surface area contributed by atoms with E-state index in [0.29, 0.717) is 5.92 Å². The van der Waals surface area contributed by atoms with Crippen LogP contribution in [0.5, 0.6) is 5.75 Å². The molecule has 2 heteroatoms. The van der Waals surface area contributed by atoms with Gasteiger partial charge in [0.1, 0.15) is 11.5 Å². The zero-order valence-electron chi connectivity index (χ0n) is 22.8.